The van der Waals surface area contributed by atoms with E-state index in [0.29, 0.717) is 6.42 Å². The third-order valence-electron chi connectivity index (χ3n) is 3.91. The lowest BCUT2D eigenvalue weighted by molar-refractivity contribution is -0.137. The Kier molecular flexibility index (Phi) is 16.4. The van der Waals surface area contributed by atoms with Crippen LogP contribution in [0.4, 0.5) is 0 Å². The molecular formula is C20H36O3. The minimum Gasteiger partial charge on any atom is -0.481 e. The van der Waals surface area contributed by atoms with Gasteiger partial charge in [0.05, 0.1) is 6.10 Å². The number of carboxylic acids is 1. The van der Waals surface area contributed by atoms with Gasteiger partial charge in [0.1, 0.15) is 0 Å². The maximum atomic E-state index is 10.4. The highest BCUT2D eigenvalue weighted by Gasteiger charge is 1.99. The molecule has 0 spiro atoms. The van der Waals surface area contributed by atoms with Crippen LogP contribution in [0.1, 0.15) is 90.4 Å². The maximum Gasteiger partial charge on any atom is 0.303 e. The number of allylic oxidation sites excluding steroid dienone is 3. The minimum atomic E-state index is -0.681. The van der Waals surface area contributed by atoms with E-state index >= 15 is 0 Å². The summed E-state index contributed by atoms with van der Waals surface area (Å²) in [6, 6.07) is 0. The number of carboxylic acid groups (broad SMARTS) is 1. The number of hydrogen-bond acceptors (Lipinski definition) is 2. The van der Waals surface area contributed by atoms with Crippen LogP contribution in [0.25, 0.3) is 0 Å². The molecule has 0 aromatic rings. The Labute approximate surface area is 142 Å². The van der Waals surface area contributed by atoms with Gasteiger partial charge in [-0.3, -0.25) is 4.79 Å². The molecule has 0 radical (unpaired) electrons. The molecule has 0 aliphatic rings. The van der Waals surface area contributed by atoms with Gasteiger partial charge >= 0.3 is 5.97 Å². The molecule has 23 heavy (non-hydrogen) atoms. The van der Waals surface area contributed by atoms with E-state index in [1.165, 1.54) is 25.7 Å². The average molecular weight is 325 g/mol. The van der Waals surface area contributed by atoms with Crippen molar-refractivity contribution in [3.63, 3.8) is 0 Å². The van der Waals surface area contributed by atoms with Crippen molar-refractivity contribution in [3.8, 4) is 0 Å². The van der Waals surface area contributed by atoms with E-state index in [-0.39, 0.29) is 6.10 Å². The summed E-state index contributed by atoms with van der Waals surface area (Å²) in [6.45, 7) is 2.12. The number of rotatable bonds is 16. The lowest BCUT2D eigenvalue weighted by atomic mass is 10.1. The first-order valence-electron chi connectivity index (χ1n) is 9.36. The van der Waals surface area contributed by atoms with Crippen LogP contribution in [0.2, 0.25) is 0 Å². The summed E-state index contributed by atoms with van der Waals surface area (Å²) in [5.74, 6) is -0.681. The van der Waals surface area contributed by atoms with Gasteiger partial charge in [-0.05, 0) is 44.9 Å². The van der Waals surface area contributed by atoms with Crippen LogP contribution in [0.5, 0.6) is 0 Å². The summed E-state index contributed by atoms with van der Waals surface area (Å²) in [7, 11) is 0. The minimum absolute atomic E-state index is 0.210. The number of aliphatic hydroxyl groups is 1. The van der Waals surface area contributed by atoms with Gasteiger partial charge in [-0.25, -0.2) is 0 Å². The number of aliphatic carboxylic acids is 1. The molecule has 1 atom stereocenters. The highest BCUT2D eigenvalue weighted by molar-refractivity contribution is 5.66. The first-order chi connectivity index (χ1) is 11.2. The normalized spacial score (nSPS) is 13.1. The number of aliphatic hydroxyl groups excluding tert-OH is 1. The van der Waals surface area contributed by atoms with E-state index in [1.807, 2.05) is 0 Å². The molecule has 0 bridgehead atoms. The van der Waals surface area contributed by atoms with E-state index in [9.17, 15) is 9.90 Å². The van der Waals surface area contributed by atoms with E-state index < -0.39 is 5.97 Å². The van der Waals surface area contributed by atoms with Gasteiger partial charge in [-0.2, -0.15) is 0 Å². The first-order valence-corrected chi connectivity index (χ1v) is 9.36. The van der Waals surface area contributed by atoms with Crippen molar-refractivity contribution in [1.29, 1.82) is 0 Å². The average Bonchev–Trinajstić information content (AvgIpc) is 2.52. The molecule has 0 saturated heterocycles. The Hall–Kier alpha value is -1.09. The largest absolute Gasteiger partial charge is 0.481 e. The predicted octanol–water partition coefficient (Wildman–Crippen LogP) is 5.64. The molecule has 134 valence electrons. The molecule has 0 saturated carbocycles. The van der Waals surface area contributed by atoms with Crippen LogP contribution in [0.3, 0.4) is 0 Å². The molecule has 0 rings (SSSR count). The van der Waals surface area contributed by atoms with Crippen molar-refractivity contribution in [3.05, 3.63) is 24.3 Å². The second-order valence-corrected chi connectivity index (χ2v) is 6.23. The Morgan fingerprint density at radius 2 is 1.48 bits per heavy atom. The van der Waals surface area contributed by atoms with Gasteiger partial charge < -0.3 is 10.2 Å². The van der Waals surface area contributed by atoms with Crippen molar-refractivity contribution in [2.45, 2.75) is 96.5 Å². The van der Waals surface area contributed by atoms with Crippen molar-refractivity contribution in [2.24, 2.45) is 0 Å². The summed E-state index contributed by atoms with van der Waals surface area (Å²) in [4.78, 5) is 10.4. The second-order valence-electron chi connectivity index (χ2n) is 6.23. The molecule has 0 aromatic heterocycles. The zero-order valence-corrected chi connectivity index (χ0v) is 14.9. The van der Waals surface area contributed by atoms with Crippen molar-refractivity contribution < 1.29 is 15.0 Å². The molecule has 0 aliphatic heterocycles. The maximum absolute atomic E-state index is 10.4. The van der Waals surface area contributed by atoms with Crippen LogP contribution in [-0.2, 0) is 4.79 Å². The second kappa shape index (κ2) is 17.3. The van der Waals surface area contributed by atoms with Gasteiger partial charge in [0.25, 0.3) is 0 Å². The Balaban J connectivity index is 3.27. The van der Waals surface area contributed by atoms with Crippen LogP contribution in [0.15, 0.2) is 24.3 Å². The standard InChI is InChI=1S/C20H36O3/c1-2-3-4-13-16-19(21)17-14-11-9-7-5-6-8-10-12-15-18-20(22)23/h3-4,11,14,19,21H,2,5-10,12-13,15-18H2,1H3,(H,22,23). The summed E-state index contributed by atoms with van der Waals surface area (Å²) in [5.41, 5.74) is 0. The fraction of sp³-hybridized carbons (Fsp3) is 0.750. The lowest BCUT2D eigenvalue weighted by Gasteiger charge is -2.05. The summed E-state index contributed by atoms with van der Waals surface area (Å²) in [6.07, 6.45) is 21.4. The van der Waals surface area contributed by atoms with Crippen LogP contribution >= 0.6 is 0 Å². The summed E-state index contributed by atoms with van der Waals surface area (Å²) >= 11 is 0. The zero-order chi connectivity index (χ0) is 17.2. The van der Waals surface area contributed by atoms with Gasteiger partial charge in [-0.1, -0.05) is 63.3 Å². The van der Waals surface area contributed by atoms with Gasteiger partial charge in [0.15, 0.2) is 0 Å². The third-order valence-corrected chi connectivity index (χ3v) is 3.91. The summed E-state index contributed by atoms with van der Waals surface area (Å²) in [5, 5.41) is 18.3. The van der Waals surface area contributed by atoms with Crippen LogP contribution in [-0.4, -0.2) is 22.3 Å². The molecule has 0 fully saturated rings. The monoisotopic (exact) mass is 324 g/mol. The highest BCUT2D eigenvalue weighted by atomic mass is 16.4. The van der Waals surface area contributed by atoms with Gasteiger partial charge in [-0.15, -0.1) is 0 Å². The number of unbranched alkanes of at least 4 members (excludes halogenated alkanes) is 7. The third kappa shape index (κ3) is 18.9. The van der Waals surface area contributed by atoms with Crippen LogP contribution in [0, 0.1) is 0 Å². The molecular weight excluding hydrogens is 288 g/mol. The zero-order valence-electron chi connectivity index (χ0n) is 14.9. The van der Waals surface area contributed by atoms with Gasteiger partial charge in [0.2, 0.25) is 0 Å². The van der Waals surface area contributed by atoms with E-state index in [1.54, 1.807) is 0 Å². The SMILES string of the molecule is CCC=CCCC(O)CC=CCCCCCCCCCC(=O)O. The fourth-order valence-electron chi connectivity index (χ4n) is 2.48. The Morgan fingerprint density at radius 1 is 0.870 bits per heavy atom. The molecule has 0 aliphatic carbocycles. The van der Waals surface area contributed by atoms with Gasteiger partial charge in [0, 0.05) is 6.42 Å². The number of hydrogen-bond donors (Lipinski definition) is 2. The van der Waals surface area contributed by atoms with Crippen molar-refractivity contribution in [2.75, 3.05) is 0 Å². The predicted molar refractivity (Wildman–Crippen MR) is 97.6 cm³/mol. The Morgan fingerprint density at radius 3 is 2.13 bits per heavy atom. The molecule has 0 amide bonds. The highest BCUT2D eigenvalue weighted by Crippen LogP contribution is 2.10. The van der Waals surface area contributed by atoms with Crippen molar-refractivity contribution in [1.82, 2.24) is 0 Å². The van der Waals surface area contributed by atoms with E-state index in [0.717, 1.165) is 51.4 Å². The quantitative estimate of drug-likeness (QED) is 0.285. The smallest absolute Gasteiger partial charge is 0.303 e. The van der Waals surface area contributed by atoms with E-state index in [4.69, 9.17) is 5.11 Å². The first kappa shape index (κ1) is 21.9. The molecule has 3 nitrogen and oxygen atoms in total. The Bertz CT molecular complexity index is 321. The summed E-state index contributed by atoms with van der Waals surface area (Å²) < 4.78 is 0. The molecule has 3 heteroatoms. The lowest BCUT2D eigenvalue weighted by Crippen LogP contribution is -2.03. The molecule has 1 unspecified atom stereocenters. The molecule has 2 N–H and O–H groups in total. The van der Waals surface area contributed by atoms with E-state index in [2.05, 4.69) is 31.2 Å². The van der Waals surface area contributed by atoms with Crippen LogP contribution < -0.4 is 0 Å². The molecule has 0 heterocycles. The number of carbonyl (C=O) groups is 1. The molecule has 0 aromatic carbocycles. The van der Waals surface area contributed by atoms with Crippen molar-refractivity contribution >= 4 is 5.97 Å². The topological polar surface area (TPSA) is 57.5 Å². The fourth-order valence-corrected chi connectivity index (χ4v) is 2.48.